The van der Waals surface area contributed by atoms with Crippen molar-refractivity contribution in [1.29, 1.82) is 5.26 Å². The lowest BCUT2D eigenvalue weighted by atomic mass is 9.83. The van der Waals surface area contributed by atoms with Crippen LogP contribution in [-0.4, -0.2) is 19.4 Å². The molecular weight excluding hydrogens is 324 g/mol. The van der Waals surface area contributed by atoms with E-state index in [-0.39, 0.29) is 36.2 Å². The van der Waals surface area contributed by atoms with E-state index in [4.69, 9.17) is 24.7 Å². The van der Waals surface area contributed by atoms with Crippen LogP contribution in [-0.2, 0) is 14.3 Å². The third-order valence-corrected chi connectivity index (χ3v) is 3.89. The van der Waals surface area contributed by atoms with Gasteiger partial charge in [0.2, 0.25) is 12.7 Å². The van der Waals surface area contributed by atoms with Crippen LogP contribution in [0.4, 0.5) is 0 Å². The normalized spacial score (nSPS) is 18.5. The zero-order chi connectivity index (χ0) is 18.0. The molecule has 3 rings (SSSR count). The van der Waals surface area contributed by atoms with Crippen LogP contribution in [0, 0.1) is 11.3 Å². The first-order valence-electron chi connectivity index (χ1n) is 7.52. The molecule has 7 nitrogen and oxygen atoms in total. The average molecular weight is 340 g/mol. The molecule has 2 N–H and O–H groups in total. The molecule has 2 heterocycles. The summed E-state index contributed by atoms with van der Waals surface area (Å²) in [7, 11) is 0. The van der Waals surface area contributed by atoms with Crippen LogP contribution < -0.4 is 15.2 Å². The molecule has 0 aliphatic carbocycles. The van der Waals surface area contributed by atoms with Crippen LogP contribution in [0.2, 0.25) is 0 Å². The zero-order valence-electron chi connectivity index (χ0n) is 13.6. The molecule has 0 fully saturated rings. The highest BCUT2D eigenvalue weighted by Gasteiger charge is 2.37. The van der Waals surface area contributed by atoms with Gasteiger partial charge in [-0.3, -0.25) is 0 Å². The highest BCUT2D eigenvalue weighted by Crippen LogP contribution is 2.43. The molecule has 2 aliphatic heterocycles. The lowest BCUT2D eigenvalue weighted by Gasteiger charge is -2.26. The Hall–Kier alpha value is -3.40. The van der Waals surface area contributed by atoms with E-state index in [1.54, 1.807) is 25.1 Å². The molecule has 0 saturated heterocycles. The average Bonchev–Trinajstić information content (AvgIpc) is 3.06. The van der Waals surface area contributed by atoms with E-state index in [0.717, 1.165) is 0 Å². The lowest BCUT2D eigenvalue weighted by Crippen LogP contribution is -2.25. The van der Waals surface area contributed by atoms with Gasteiger partial charge < -0.3 is 24.7 Å². The van der Waals surface area contributed by atoms with E-state index < -0.39 is 11.9 Å². The van der Waals surface area contributed by atoms with Crippen molar-refractivity contribution < 1.29 is 23.7 Å². The van der Waals surface area contributed by atoms with Crippen molar-refractivity contribution in [2.75, 3.05) is 13.4 Å². The molecular formula is C18H16N2O5. The molecule has 7 heteroatoms. The minimum Gasteiger partial charge on any atom is -0.458 e. The number of carbonyl (C=O) groups is 1. The van der Waals surface area contributed by atoms with Crippen LogP contribution >= 0.6 is 0 Å². The Bertz CT molecular complexity index is 848. The summed E-state index contributed by atoms with van der Waals surface area (Å²) in [5.41, 5.74) is 6.86. The van der Waals surface area contributed by atoms with Gasteiger partial charge in [0.1, 0.15) is 24.0 Å². The summed E-state index contributed by atoms with van der Waals surface area (Å²) in [5, 5.41) is 9.53. The summed E-state index contributed by atoms with van der Waals surface area (Å²) >= 11 is 0. The molecule has 0 saturated carbocycles. The van der Waals surface area contributed by atoms with E-state index in [9.17, 15) is 10.1 Å². The van der Waals surface area contributed by atoms with Gasteiger partial charge in [-0.05, 0) is 24.6 Å². The number of nitrogens with two attached hydrogens (primary N) is 1. The fourth-order valence-electron chi connectivity index (χ4n) is 2.78. The van der Waals surface area contributed by atoms with Crippen molar-refractivity contribution in [3.05, 3.63) is 59.2 Å². The maximum absolute atomic E-state index is 12.5. The molecule has 25 heavy (non-hydrogen) atoms. The fraction of sp³-hybridized carbons (Fsp3) is 0.222. The van der Waals surface area contributed by atoms with E-state index in [2.05, 4.69) is 6.58 Å². The topological polar surface area (TPSA) is 104 Å². The summed E-state index contributed by atoms with van der Waals surface area (Å²) in [6.07, 6.45) is 1.46. The maximum Gasteiger partial charge on any atom is 0.338 e. The fourth-order valence-corrected chi connectivity index (χ4v) is 2.78. The van der Waals surface area contributed by atoms with Gasteiger partial charge in [0.15, 0.2) is 11.5 Å². The van der Waals surface area contributed by atoms with Gasteiger partial charge in [-0.1, -0.05) is 18.7 Å². The molecule has 0 amide bonds. The standard InChI is InChI=1S/C18H16N2O5/c1-3-6-22-18(21)15-10(2)25-17(20)12(8-19)16(15)11-4-5-13-14(7-11)24-9-23-13/h3-5,7,16H,1,6,9,20H2,2H3/t16-/m1/s1. The number of esters is 1. The van der Waals surface area contributed by atoms with Gasteiger partial charge in [0.05, 0.1) is 11.5 Å². The minimum absolute atomic E-state index is 0.0389. The monoisotopic (exact) mass is 340 g/mol. The number of nitriles is 1. The van der Waals surface area contributed by atoms with Crippen molar-refractivity contribution in [1.82, 2.24) is 0 Å². The molecule has 0 bridgehead atoms. The van der Waals surface area contributed by atoms with Crippen molar-refractivity contribution in [2.45, 2.75) is 12.8 Å². The number of rotatable bonds is 4. The second-order valence-corrected chi connectivity index (χ2v) is 5.39. The number of benzene rings is 1. The summed E-state index contributed by atoms with van der Waals surface area (Å²) < 4.78 is 21.2. The molecule has 1 aromatic carbocycles. The Morgan fingerprint density at radius 3 is 2.96 bits per heavy atom. The number of nitrogens with zero attached hydrogens (tertiary/aromatic N) is 1. The van der Waals surface area contributed by atoms with Gasteiger partial charge in [-0.15, -0.1) is 0 Å². The van der Waals surface area contributed by atoms with Gasteiger partial charge >= 0.3 is 5.97 Å². The van der Waals surface area contributed by atoms with Gasteiger partial charge in [0.25, 0.3) is 0 Å². The Morgan fingerprint density at radius 1 is 1.48 bits per heavy atom. The van der Waals surface area contributed by atoms with Crippen LogP contribution in [0.15, 0.2) is 53.6 Å². The highest BCUT2D eigenvalue weighted by atomic mass is 16.7. The van der Waals surface area contributed by atoms with Crippen molar-refractivity contribution in [2.24, 2.45) is 5.73 Å². The Labute approximate surface area is 144 Å². The summed E-state index contributed by atoms with van der Waals surface area (Å²) in [6, 6.07) is 7.22. The van der Waals surface area contributed by atoms with Crippen molar-refractivity contribution >= 4 is 5.97 Å². The first-order valence-corrected chi connectivity index (χ1v) is 7.52. The SMILES string of the molecule is C=CCOC(=O)C1=C(C)OC(N)=C(C#N)[C@H]1c1ccc2c(c1)OCO2. The predicted octanol–water partition coefficient (Wildman–Crippen LogP) is 2.23. The molecule has 1 atom stereocenters. The van der Waals surface area contributed by atoms with Gasteiger partial charge in [0, 0.05) is 0 Å². The highest BCUT2D eigenvalue weighted by molar-refractivity contribution is 5.92. The first kappa shape index (κ1) is 16.5. The van der Waals surface area contributed by atoms with E-state index in [1.807, 2.05) is 6.07 Å². The number of carbonyl (C=O) groups excluding carboxylic acids is 1. The number of hydrogen-bond acceptors (Lipinski definition) is 7. The predicted molar refractivity (Wildman–Crippen MR) is 87.1 cm³/mol. The van der Waals surface area contributed by atoms with E-state index in [0.29, 0.717) is 17.1 Å². The zero-order valence-corrected chi connectivity index (χ0v) is 13.6. The minimum atomic E-state index is -0.717. The molecule has 1 aromatic rings. The number of allylic oxidation sites excluding steroid dienone is 2. The molecule has 0 radical (unpaired) electrons. The molecule has 128 valence electrons. The van der Waals surface area contributed by atoms with Crippen LogP contribution in [0.3, 0.4) is 0 Å². The third kappa shape index (κ3) is 2.90. The number of fused-ring (bicyclic) bond motifs is 1. The van der Waals surface area contributed by atoms with Gasteiger partial charge in [-0.25, -0.2) is 4.79 Å². The van der Waals surface area contributed by atoms with Gasteiger partial charge in [-0.2, -0.15) is 5.26 Å². The molecule has 0 spiro atoms. The Balaban J connectivity index is 2.09. The Kier molecular flexibility index (Phi) is 4.35. The van der Waals surface area contributed by atoms with E-state index >= 15 is 0 Å². The van der Waals surface area contributed by atoms with Crippen LogP contribution in [0.1, 0.15) is 18.4 Å². The first-order chi connectivity index (χ1) is 12.1. The lowest BCUT2D eigenvalue weighted by molar-refractivity contribution is -0.138. The smallest absolute Gasteiger partial charge is 0.338 e. The van der Waals surface area contributed by atoms with Crippen LogP contribution in [0.25, 0.3) is 0 Å². The van der Waals surface area contributed by atoms with Crippen LogP contribution in [0.5, 0.6) is 11.5 Å². The number of ether oxygens (including phenoxy) is 4. The van der Waals surface area contributed by atoms with Crippen molar-refractivity contribution in [3.63, 3.8) is 0 Å². The Morgan fingerprint density at radius 2 is 2.24 bits per heavy atom. The number of hydrogen-bond donors (Lipinski definition) is 1. The quantitative estimate of drug-likeness (QED) is 0.662. The summed E-state index contributed by atoms with van der Waals surface area (Å²) in [6.45, 7) is 5.29. The molecule has 2 aliphatic rings. The second kappa shape index (κ2) is 6.61. The summed E-state index contributed by atoms with van der Waals surface area (Å²) in [4.78, 5) is 12.5. The largest absolute Gasteiger partial charge is 0.458 e. The van der Waals surface area contributed by atoms with E-state index in [1.165, 1.54) is 6.08 Å². The maximum atomic E-state index is 12.5. The second-order valence-electron chi connectivity index (χ2n) is 5.39. The molecule has 0 aromatic heterocycles. The third-order valence-electron chi connectivity index (χ3n) is 3.89. The van der Waals surface area contributed by atoms with Crippen molar-refractivity contribution in [3.8, 4) is 17.6 Å². The molecule has 0 unspecified atom stereocenters. The summed E-state index contributed by atoms with van der Waals surface area (Å²) in [5.74, 6) is 0.0705.